The van der Waals surface area contributed by atoms with Crippen molar-refractivity contribution in [1.82, 2.24) is 9.80 Å². The number of hydrogen-bond donors (Lipinski definition) is 0. The van der Waals surface area contributed by atoms with Crippen molar-refractivity contribution in [2.75, 3.05) is 78.9 Å². The molecule has 48 heavy (non-hydrogen) atoms. The zero-order valence-corrected chi connectivity index (χ0v) is 30.7. The summed E-state index contributed by atoms with van der Waals surface area (Å²) in [6.45, 7) is 13.4. The average molecular weight is 710 g/mol. The van der Waals surface area contributed by atoms with E-state index in [-0.39, 0.29) is 48.2 Å². The summed E-state index contributed by atoms with van der Waals surface area (Å²) in [6, 6.07) is 15.3. The minimum absolute atomic E-state index is 0. The molecule has 2 saturated heterocycles. The molecule has 2 unspecified atom stereocenters. The Morgan fingerprint density at radius 2 is 0.958 bits per heavy atom. The van der Waals surface area contributed by atoms with Gasteiger partial charge in [0, 0.05) is 62.2 Å². The maximum absolute atomic E-state index is 13.8. The second kappa shape index (κ2) is 24.0. The van der Waals surface area contributed by atoms with Crippen molar-refractivity contribution in [3.63, 3.8) is 0 Å². The molecule has 0 N–H and O–H groups in total. The molecule has 270 valence electrons. The monoisotopic (exact) mass is 708 g/mol. The molecule has 0 aliphatic carbocycles. The molecule has 2 aromatic rings. The van der Waals surface area contributed by atoms with Gasteiger partial charge in [-0.1, -0.05) is 39.5 Å². The molecule has 2 atom stereocenters. The largest absolute Gasteiger partial charge is 0.494 e. The van der Waals surface area contributed by atoms with E-state index in [2.05, 4.69) is 23.6 Å². The Balaban J connectivity index is 0.00000400. The van der Waals surface area contributed by atoms with E-state index in [1.54, 1.807) is 0 Å². The number of benzene rings is 2. The van der Waals surface area contributed by atoms with Gasteiger partial charge in [-0.15, -0.1) is 24.8 Å². The van der Waals surface area contributed by atoms with E-state index in [0.717, 1.165) is 113 Å². The number of nitrogens with zero attached hydrogens (tertiary/aromatic N) is 2. The van der Waals surface area contributed by atoms with Gasteiger partial charge in [0.15, 0.2) is 11.6 Å². The first-order chi connectivity index (χ1) is 22.6. The molecule has 0 radical (unpaired) electrons. The van der Waals surface area contributed by atoms with Crippen molar-refractivity contribution in [2.45, 2.75) is 65.2 Å². The van der Waals surface area contributed by atoms with E-state index in [1.807, 2.05) is 48.5 Å². The number of halogens is 2. The van der Waals surface area contributed by atoms with Gasteiger partial charge >= 0.3 is 0 Å². The molecule has 2 aliphatic heterocycles. The Bertz CT molecular complexity index is 1060. The lowest BCUT2D eigenvalue weighted by Gasteiger charge is -2.31. The molecule has 0 aromatic heterocycles. The zero-order valence-electron chi connectivity index (χ0n) is 29.1. The molecule has 0 spiro atoms. The summed E-state index contributed by atoms with van der Waals surface area (Å²) in [5.41, 5.74) is 1.48. The van der Waals surface area contributed by atoms with Gasteiger partial charge in [0.25, 0.3) is 0 Å². The van der Waals surface area contributed by atoms with Gasteiger partial charge in [-0.05, 0) is 74.2 Å². The molecule has 10 heteroatoms. The molecule has 0 amide bonds. The minimum Gasteiger partial charge on any atom is -0.494 e. The number of carbonyl (C=O) groups is 2. The highest BCUT2D eigenvalue weighted by atomic mass is 35.5. The van der Waals surface area contributed by atoms with Gasteiger partial charge in [-0.3, -0.25) is 19.4 Å². The van der Waals surface area contributed by atoms with Gasteiger partial charge in [-0.2, -0.15) is 0 Å². The molecule has 2 heterocycles. The first-order valence-corrected chi connectivity index (χ1v) is 17.7. The molecule has 4 rings (SSSR count). The van der Waals surface area contributed by atoms with Crippen LogP contribution in [0, 0.1) is 11.8 Å². The van der Waals surface area contributed by atoms with E-state index >= 15 is 0 Å². The van der Waals surface area contributed by atoms with Crippen LogP contribution in [0.15, 0.2) is 48.5 Å². The number of ether oxygens (including phenoxy) is 4. The third kappa shape index (κ3) is 14.3. The highest BCUT2D eigenvalue weighted by Gasteiger charge is 2.26. The molecule has 2 aromatic carbocycles. The lowest BCUT2D eigenvalue weighted by atomic mass is 9.88. The number of ketones is 2. The summed E-state index contributed by atoms with van der Waals surface area (Å²) in [4.78, 5) is 32.3. The first kappa shape index (κ1) is 42.0. The number of carbonyl (C=O) groups excluding carboxylic acids is 2. The third-order valence-corrected chi connectivity index (χ3v) is 9.07. The molecule has 0 bridgehead atoms. The predicted molar refractivity (Wildman–Crippen MR) is 197 cm³/mol. The van der Waals surface area contributed by atoms with Crippen molar-refractivity contribution >= 4 is 36.4 Å². The fourth-order valence-electron chi connectivity index (χ4n) is 6.15. The summed E-state index contributed by atoms with van der Waals surface area (Å²) < 4.78 is 22.8. The molecule has 2 aliphatic rings. The number of morpholine rings is 2. The van der Waals surface area contributed by atoms with Crippen LogP contribution in [0.25, 0.3) is 0 Å². The van der Waals surface area contributed by atoms with Crippen molar-refractivity contribution < 1.29 is 28.5 Å². The van der Waals surface area contributed by atoms with Gasteiger partial charge in [0.05, 0.1) is 39.6 Å². The highest BCUT2D eigenvalue weighted by Crippen LogP contribution is 2.24. The van der Waals surface area contributed by atoms with E-state index < -0.39 is 0 Å². The van der Waals surface area contributed by atoms with E-state index in [4.69, 9.17) is 18.9 Å². The van der Waals surface area contributed by atoms with Crippen LogP contribution < -0.4 is 9.47 Å². The van der Waals surface area contributed by atoms with E-state index in [9.17, 15) is 9.59 Å². The van der Waals surface area contributed by atoms with E-state index in [1.165, 1.54) is 0 Å². The quantitative estimate of drug-likeness (QED) is 0.0981. The number of unbranched alkanes of at least 4 members (excludes halogenated alkanes) is 3. The predicted octanol–water partition coefficient (Wildman–Crippen LogP) is 7.41. The van der Waals surface area contributed by atoms with Gasteiger partial charge < -0.3 is 18.9 Å². The van der Waals surface area contributed by atoms with Crippen molar-refractivity contribution in [2.24, 2.45) is 11.8 Å². The van der Waals surface area contributed by atoms with E-state index in [0.29, 0.717) is 39.6 Å². The average Bonchev–Trinajstić information content (AvgIpc) is 3.10. The van der Waals surface area contributed by atoms with Crippen LogP contribution in [0.4, 0.5) is 0 Å². The molecular weight excluding hydrogens is 651 g/mol. The van der Waals surface area contributed by atoms with Gasteiger partial charge in [0.2, 0.25) is 0 Å². The minimum atomic E-state index is -0.0985. The Morgan fingerprint density at radius 3 is 1.29 bits per heavy atom. The molecule has 2 fully saturated rings. The summed E-state index contributed by atoms with van der Waals surface area (Å²) in [5.74, 6) is 1.80. The fraction of sp³-hybridized carbons (Fsp3) is 0.632. The van der Waals surface area contributed by atoms with Crippen LogP contribution in [0.1, 0.15) is 85.9 Å². The maximum atomic E-state index is 13.8. The smallest absolute Gasteiger partial charge is 0.167 e. The molecular formula is C38H58Cl2N2O6. The lowest BCUT2D eigenvalue weighted by molar-refractivity contribution is 0.0283. The standard InChI is InChI=1S/C38H56N2O6.2ClH/c1-3-5-23-45-35-15-11-31(12-16-35)37(41)33(29-39-19-25-43-26-20-39)9-7-8-10-34(30-40-21-27-44-28-22-40)38(42)32-13-17-36(18-14-32)46-24-6-4-2;;/h11-18,33-34H,3-10,19-30H2,1-2H3;2*1H. The van der Waals surface area contributed by atoms with Gasteiger partial charge in [0.1, 0.15) is 11.5 Å². The van der Waals surface area contributed by atoms with Crippen molar-refractivity contribution in [3.8, 4) is 11.5 Å². The van der Waals surface area contributed by atoms with Crippen LogP contribution in [-0.2, 0) is 9.47 Å². The van der Waals surface area contributed by atoms with Crippen LogP contribution in [0.2, 0.25) is 0 Å². The van der Waals surface area contributed by atoms with Crippen LogP contribution in [-0.4, -0.2) is 100 Å². The Labute approximate surface area is 301 Å². The lowest BCUT2D eigenvalue weighted by Crippen LogP contribution is -2.41. The first-order valence-electron chi connectivity index (χ1n) is 17.7. The van der Waals surface area contributed by atoms with Crippen molar-refractivity contribution in [1.29, 1.82) is 0 Å². The number of Topliss-reactive ketones (excluding diaryl/α,β-unsaturated/α-hetero) is 2. The number of rotatable bonds is 21. The van der Waals surface area contributed by atoms with Gasteiger partial charge in [-0.25, -0.2) is 0 Å². The van der Waals surface area contributed by atoms with Crippen molar-refractivity contribution in [3.05, 3.63) is 59.7 Å². The zero-order chi connectivity index (χ0) is 32.4. The topological polar surface area (TPSA) is 77.5 Å². The SMILES string of the molecule is CCCCOc1ccc(C(=O)C(CCCCC(CN2CCOCC2)C(=O)c2ccc(OCCCC)cc2)CN2CCOCC2)cc1.Cl.Cl. The van der Waals surface area contributed by atoms with Crippen LogP contribution in [0.3, 0.4) is 0 Å². The Hall–Kier alpha value is -2.20. The Kier molecular flexibility index (Phi) is 21.0. The highest BCUT2D eigenvalue weighted by molar-refractivity contribution is 5.98. The second-order valence-electron chi connectivity index (χ2n) is 12.7. The summed E-state index contributed by atoms with van der Waals surface area (Å²) in [7, 11) is 0. The summed E-state index contributed by atoms with van der Waals surface area (Å²) in [6.07, 6.45) is 7.60. The number of hydrogen-bond acceptors (Lipinski definition) is 8. The molecule has 0 saturated carbocycles. The summed E-state index contributed by atoms with van der Waals surface area (Å²) >= 11 is 0. The third-order valence-electron chi connectivity index (χ3n) is 9.07. The normalized spacial score (nSPS) is 16.6. The molecule has 8 nitrogen and oxygen atoms in total. The second-order valence-corrected chi connectivity index (χ2v) is 12.7. The summed E-state index contributed by atoms with van der Waals surface area (Å²) in [5, 5.41) is 0. The van der Waals surface area contributed by atoms with Crippen LogP contribution >= 0.6 is 24.8 Å². The van der Waals surface area contributed by atoms with Crippen LogP contribution in [0.5, 0.6) is 11.5 Å². The fourth-order valence-corrected chi connectivity index (χ4v) is 6.15. The maximum Gasteiger partial charge on any atom is 0.167 e. The Morgan fingerprint density at radius 1 is 0.604 bits per heavy atom.